The molecule has 0 saturated heterocycles. The van der Waals surface area contributed by atoms with Crippen LogP contribution in [0.5, 0.6) is 0 Å². The van der Waals surface area contributed by atoms with E-state index in [1.54, 1.807) is 41.5 Å². The average Bonchev–Trinajstić information content (AvgIpc) is 2.86. The van der Waals surface area contributed by atoms with Gasteiger partial charge in [0.25, 0.3) is 0 Å². The number of hydrogen-bond acceptors (Lipinski definition) is 12. The molecule has 282 valence electrons. The normalized spacial score (nSPS) is 13.7. The van der Waals surface area contributed by atoms with Gasteiger partial charge in [-0.3, -0.25) is 24.0 Å². The maximum Gasteiger partial charge on any atom is 0.320 e. The molecule has 12 heteroatoms. The molecule has 0 saturated carbocycles. The quantitative estimate of drug-likeness (QED) is 0.139. The Labute approximate surface area is 290 Å². The Bertz CT molecular complexity index is 1010. The number of carbonyl (C=O) groups excluding carboxylic acids is 5. The predicted molar refractivity (Wildman–Crippen MR) is 186 cm³/mol. The van der Waals surface area contributed by atoms with E-state index in [9.17, 15) is 24.0 Å². The molecule has 12 nitrogen and oxygen atoms in total. The molecule has 0 fully saturated rings. The number of carbonyl (C=O) groups is 5. The Hall–Kier alpha value is -2.73. The van der Waals surface area contributed by atoms with E-state index in [1.807, 2.05) is 48.5 Å². The first-order valence-electron chi connectivity index (χ1n) is 16.8. The third-order valence-corrected chi connectivity index (χ3v) is 6.59. The second-order valence-corrected chi connectivity index (χ2v) is 16.6. The van der Waals surface area contributed by atoms with Gasteiger partial charge < -0.3 is 34.7 Å². The van der Waals surface area contributed by atoms with Gasteiger partial charge in [0.1, 0.15) is 16.8 Å². The lowest BCUT2D eigenvalue weighted by atomic mass is 9.92. The maximum atomic E-state index is 12.0. The van der Waals surface area contributed by atoms with E-state index in [4.69, 9.17) is 29.4 Å². The summed E-state index contributed by atoms with van der Waals surface area (Å²) in [5.74, 6) is -2.88. The highest BCUT2D eigenvalue weighted by molar-refractivity contribution is 5.80. The van der Waals surface area contributed by atoms with E-state index in [-0.39, 0.29) is 48.4 Å². The molecule has 0 rings (SSSR count). The molecule has 2 atom stereocenters. The fourth-order valence-corrected chi connectivity index (χ4v) is 4.48. The van der Waals surface area contributed by atoms with Crippen LogP contribution in [-0.2, 0) is 47.7 Å². The summed E-state index contributed by atoms with van der Waals surface area (Å²) in [6.07, 6.45) is 4.09. The first kappa shape index (κ1) is 47.4. The molecule has 0 amide bonds. The first-order valence-corrected chi connectivity index (χ1v) is 16.8. The standard InChI is InChI=1S/C21H39NO6.C15H29NO4/c1-19(2,3)27-16(23)13-15(18(25)26-9)11-10-12-21(7,8)22-14-17(24)28-20(4,5)6;1-14(2,3)20-12(17)10-11(13(18)19-6)8-7-9-15(4,5)16/h15,22H,10-14H2,1-9H3;11H,7-10,16H2,1-6H3/t15-;11-/m11/s1. The van der Waals surface area contributed by atoms with Gasteiger partial charge in [-0.15, -0.1) is 0 Å². The first-order chi connectivity index (χ1) is 21.5. The van der Waals surface area contributed by atoms with Crippen LogP contribution in [-0.4, -0.2) is 78.5 Å². The highest BCUT2D eigenvalue weighted by atomic mass is 16.6. The number of methoxy groups -OCH3 is 2. The van der Waals surface area contributed by atoms with Crippen LogP contribution in [0, 0.1) is 11.8 Å². The largest absolute Gasteiger partial charge is 0.469 e. The summed E-state index contributed by atoms with van der Waals surface area (Å²) < 4.78 is 25.4. The lowest BCUT2D eigenvalue weighted by Crippen LogP contribution is -2.43. The van der Waals surface area contributed by atoms with E-state index in [0.717, 1.165) is 19.3 Å². The van der Waals surface area contributed by atoms with Gasteiger partial charge >= 0.3 is 29.8 Å². The highest BCUT2D eigenvalue weighted by Gasteiger charge is 2.29. The molecule has 0 spiro atoms. The van der Waals surface area contributed by atoms with Crippen molar-refractivity contribution in [1.29, 1.82) is 0 Å². The average molecular weight is 689 g/mol. The number of nitrogens with two attached hydrogens (primary N) is 1. The van der Waals surface area contributed by atoms with E-state index < -0.39 is 40.6 Å². The lowest BCUT2D eigenvalue weighted by molar-refractivity contribution is -0.161. The second kappa shape index (κ2) is 20.7. The van der Waals surface area contributed by atoms with Crippen molar-refractivity contribution < 1.29 is 47.7 Å². The molecule has 0 aromatic rings. The van der Waals surface area contributed by atoms with Crippen LogP contribution < -0.4 is 11.1 Å². The highest BCUT2D eigenvalue weighted by Crippen LogP contribution is 2.22. The van der Waals surface area contributed by atoms with Crippen LogP contribution in [0.2, 0.25) is 0 Å². The molecule has 0 unspecified atom stereocenters. The fourth-order valence-electron chi connectivity index (χ4n) is 4.48. The van der Waals surface area contributed by atoms with Gasteiger partial charge in [0.05, 0.1) is 45.4 Å². The summed E-state index contributed by atoms with van der Waals surface area (Å²) in [7, 11) is 2.65. The van der Waals surface area contributed by atoms with Gasteiger partial charge in [0.15, 0.2) is 0 Å². The van der Waals surface area contributed by atoms with Crippen LogP contribution in [0.25, 0.3) is 0 Å². The van der Waals surface area contributed by atoms with Crippen LogP contribution >= 0.6 is 0 Å². The van der Waals surface area contributed by atoms with E-state index >= 15 is 0 Å². The minimum Gasteiger partial charge on any atom is -0.469 e. The molecule has 0 bridgehead atoms. The Morgan fingerprint density at radius 1 is 0.562 bits per heavy atom. The summed E-state index contributed by atoms with van der Waals surface area (Å²) in [6.45, 7) is 24.2. The Kier molecular flexibility index (Phi) is 20.4. The number of rotatable bonds is 17. The third-order valence-electron chi connectivity index (χ3n) is 6.59. The summed E-state index contributed by atoms with van der Waals surface area (Å²) in [5, 5.41) is 3.19. The summed E-state index contributed by atoms with van der Waals surface area (Å²) in [4.78, 5) is 59.4. The lowest BCUT2D eigenvalue weighted by Gasteiger charge is -2.28. The third kappa shape index (κ3) is 28.3. The molecule has 0 radical (unpaired) electrons. The van der Waals surface area contributed by atoms with Gasteiger partial charge in [-0.05, 0) is 116 Å². The molecule has 48 heavy (non-hydrogen) atoms. The Morgan fingerprint density at radius 3 is 1.21 bits per heavy atom. The topological polar surface area (TPSA) is 170 Å². The van der Waals surface area contributed by atoms with Gasteiger partial charge in [0.2, 0.25) is 0 Å². The molecule has 0 aliphatic rings. The molecular formula is C36H68N2O10. The van der Waals surface area contributed by atoms with Crippen molar-refractivity contribution in [2.45, 2.75) is 169 Å². The van der Waals surface area contributed by atoms with E-state index in [0.29, 0.717) is 19.3 Å². The molecule has 3 N–H and O–H groups in total. The Balaban J connectivity index is 0. The van der Waals surface area contributed by atoms with Gasteiger partial charge in [-0.1, -0.05) is 12.8 Å². The minimum absolute atomic E-state index is 0.00426. The van der Waals surface area contributed by atoms with E-state index in [1.165, 1.54) is 14.2 Å². The summed E-state index contributed by atoms with van der Waals surface area (Å²) in [5.41, 5.74) is 3.67. The van der Waals surface area contributed by atoms with Crippen LogP contribution in [0.4, 0.5) is 0 Å². The van der Waals surface area contributed by atoms with E-state index in [2.05, 4.69) is 5.32 Å². The zero-order valence-corrected chi connectivity index (χ0v) is 32.7. The molecule has 0 heterocycles. The monoisotopic (exact) mass is 688 g/mol. The van der Waals surface area contributed by atoms with Gasteiger partial charge in [0, 0.05) is 11.1 Å². The minimum atomic E-state index is -0.592. The fraction of sp³-hybridized carbons (Fsp3) is 0.861. The molecular weight excluding hydrogens is 620 g/mol. The number of hydrogen-bond donors (Lipinski definition) is 2. The SMILES string of the molecule is COC(=O)[C@H](CCCC(C)(C)N)CC(=O)OC(C)(C)C.COC(=O)[C@H](CCCC(C)(C)NCC(=O)OC(C)(C)C)CC(=O)OC(C)(C)C. The van der Waals surface area contributed by atoms with Crippen LogP contribution in [0.15, 0.2) is 0 Å². The van der Waals surface area contributed by atoms with Gasteiger partial charge in [-0.2, -0.15) is 0 Å². The zero-order valence-electron chi connectivity index (χ0n) is 32.7. The molecule has 0 aromatic heterocycles. The second-order valence-electron chi connectivity index (χ2n) is 16.6. The Morgan fingerprint density at radius 2 is 0.896 bits per heavy atom. The number of esters is 5. The smallest absolute Gasteiger partial charge is 0.320 e. The molecule has 0 aliphatic heterocycles. The van der Waals surface area contributed by atoms with Crippen molar-refractivity contribution in [1.82, 2.24) is 5.32 Å². The zero-order chi connectivity index (χ0) is 38.1. The van der Waals surface area contributed by atoms with Crippen molar-refractivity contribution >= 4 is 29.8 Å². The number of ether oxygens (including phenoxy) is 5. The van der Waals surface area contributed by atoms with Crippen molar-refractivity contribution in [2.75, 3.05) is 20.8 Å². The van der Waals surface area contributed by atoms with Crippen molar-refractivity contribution in [2.24, 2.45) is 17.6 Å². The van der Waals surface area contributed by atoms with Crippen molar-refractivity contribution in [3.63, 3.8) is 0 Å². The predicted octanol–water partition coefficient (Wildman–Crippen LogP) is 5.80. The van der Waals surface area contributed by atoms with Gasteiger partial charge in [-0.25, -0.2) is 0 Å². The summed E-state index contributed by atoms with van der Waals surface area (Å²) in [6, 6.07) is 0. The van der Waals surface area contributed by atoms with Crippen molar-refractivity contribution in [3.8, 4) is 0 Å². The summed E-state index contributed by atoms with van der Waals surface area (Å²) >= 11 is 0. The van der Waals surface area contributed by atoms with Crippen LogP contribution in [0.3, 0.4) is 0 Å². The maximum absolute atomic E-state index is 12.0. The molecule has 0 aromatic carbocycles. The molecule has 0 aliphatic carbocycles. The van der Waals surface area contributed by atoms with Crippen molar-refractivity contribution in [3.05, 3.63) is 0 Å². The van der Waals surface area contributed by atoms with Crippen LogP contribution in [0.1, 0.15) is 141 Å². The number of nitrogens with one attached hydrogen (secondary N) is 1.